The second-order valence-electron chi connectivity index (χ2n) is 6.25. The minimum absolute atomic E-state index is 0.0304. The van der Waals surface area contributed by atoms with Gasteiger partial charge in [-0.15, -0.1) is 0 Å². The molecule has 1 fully saturated rings. The van der Waals surface area contributed by atoms with Crippen molar-refractivity contribution in [1.29, 1.82) is 0 Å². The van der Waals surface area contributed by atoms with E-state index in [4.69, 9.17) is 16.3 Å². The lowest BCUT2D eigenvalue weighted by molar-refractivity contribution is -0.384. The quantitative estimate of drug-likeness (QED) is 0.443. The maximum absolute atomic E-state index is 12.4. The van der Waals surface area contributed by atoms with Crippen LogP contribution in [0.3, 0.4) is 0 Å². The molecule has 0 saturated carbocycles. The maximum atomic E-state index is 12.4. The van der Waals surface area contributed by atoms with Gasteiger partial charge in [0.2, 0.25) is 0 Å². The number of carbonyl (C=O) groups excluding carboxylic acids is 1. The van der Waals surface area contributed by atoms with Crippen molar-refractivity contribution in [3.05, 3.63) is 69.2 Å². The predicted octanol–water partition coefficient (Wildman–Crippen LogP) is 3.28. The summed E-state index contributed by atoms with van der Waals surface area (Å²) in [6.07, 6.45) is 0. The van der Waals surface area contributed by atoms with Gasteiger partial charge < -0.3 is 9.64 Å². The van der Waals surface area contributed by atoms with Gasteiger partial charge in [-0.1, -0.05) is 41.9 Å². The van der Waals surface area contributed by atoms with Crippen molar-refractivity contribution in [3.63, 3.8) is 0 Å². The molecule has 27 heavy (non-hydrogen) atoms. The Bertz CT molecular complexity index is 823. The number of piperazine rings is 1. The molecule has 2 aromatic rings. The number of methoxy groups -OCH3 is 1. The zero-order chi connectivity index (χ0) is 19.4. The Morgan fingerprint density at radius 2 is 1.81 bits per heavy atom. The Morgan fingerprint density at radius 3 is 2.37 bits per heavy atom. The number of benzene rings is 2. The fourth-order valence-electron chi connectivity index (χ4n) is 3.33. The first-order valence-electron chi connectivity index (χ1n) is 8.57. The molecule has 142 valence electrons. The molecule has 0 aliphatic carbocycles. The number of esters is 1. The van der Waals surface area contributed by atoms with Gasteiger partial charge in [-0.05, 0) is 11.6 Å². The highest BCUT2D eigenvalue weighted by atomic mass is 35.5. The van der Waals surface area contributed by atoms with Crippen LogP contribution in [0.1, 0.15) is 11.6 Å². The van der Waals surface area contributed by atoms with E-state index in [-0.39, 0.29) is 11.7 Å². The standard InChI is InChI=1S/C19H20ClN3O4/c1-27-19(24)18(14-5-3-2-4-6-14)22-11-9-21(10-12-22)17-8-7-15(23(25)26)13-16(17)20/h2-8,13,18H,9-12H2,1H3. The van der Waals surface area contributed by atoms with Gasteiger partial charge in [0, 0.05) is 38.3 Å². The fourth-order valence-corrected chi connectivity index (χ4v) is 3.62. The average molecular weight is 390 g/mol. The van der Waals surface area contributed by atoms with Gasteiger partial charge in [0.05, 0.1) is 22.7 Å². The van der Waals surface area contributed by atoms with Crippen LogP contribution in [0.4, 0.5) is 11.4 Å². The Balaban J connectivity index is 1.74. The van der Waals surface area contributed by atoms with Gasteiger partial charge in [-0.3, -0.25) is 15.0 Å². The lowest BCUT2D eigenvalue weighted by Crippen LogP contribution is -2.49. The Kier molecular flexibility index (Phi) is 5.93. The molecule has 1 aliphatic heterocycles. The van der Waals surface area contributed by atoms with Gasteiger partial charge in [0.1, 0.15) is 6.04 Å². The molecule has 0 amide bonds. The third-order valence-electron chi connectivity index (χ3n) is 4.70. The van der Waals surface area contributed by atoms with Crippen LogP contribution in [0.15, 0.2) is 48.5 Å². The van der Waals surface area contributed by atoms with E-state index in [1.165, 1.54) is 19.2 Å². The van der Waals surface area contributed by atoms with Crippen LogP contribution in [-0.4, -0.2) is 49.1 Å². The molecule has 0 aromatic heterocycles. The number of nitrogens with zero attached hydrogens (tertiary/aromatic N) is 3. The molecule has 1 atom stereocenters. The highest BCUT2D eigenvalue weighted by Crippen LogP contribution is 2.32. The van der Waals surface area contributed by atoms with E-state index in [0.717, 1.165) is 11.3 Å². The zero-order valence-electron chi connectivity index (χ0n) is 14.9. The molecule has 1 unspecified atom stereocenters. The van der Waals surface area contributed by atoms with Crippen LogP contribution in [0, 0.1) is 10.1 Å². The molecule has 1 saturated heterocycles. The summed E-state index contributed by atoms with van der Waals surface area (Å²) in [6.45, 7) is 2.58. The second-order valence-corrected chi connectivity index (χ2v) is 6.66. The topological polar surface area (TPSA) is 75.9 Å². The molecule has 0 spiro atoms. The summed E-state index contributed by atoms with van der Waals surface area (Å²) >= 11 is 6.24. The number of hydrogen-bond donors (Lipinski definition) is 0. The van der Waals surface area contributed by atoms with Crippen molar-refractivity contribution < 1.29 is 14.5 Å². The van der Waals surface area contributed by atoms with Crippen LogP contribution in [-0.2, 0) is 9.53 Å². The van der Waals surface area contributed by atoms with Crippen molar-refractivity contribution in [2.24, 2.45) is 0 Å². The van der Waals surface area contributed by atoms with E-state index in [0.29, 0.717) is 31.2 Å². The van der Waals surface area contributed by atoms with E-state index in [1.54, 1.807) is 6.07 Å². The minimum Gasteiger partial charge on any atom is -0.468 e. The number of carbonyl (C=O) groups is 1. The Hall–Kier alpha value is -2.64. The number of non-ortho nitro benzene ring substituents is 1. The number of hydrogen-bond acceptors (Lipinski definition) is 6. The number of nitro groups is 1. The summed E-state index contributed by atoms with van der Waals surface area (Å²) in [7, 11) is 1.39. The lowest BCUT2D eigenvalue weighted by atomic mass is 10.0. The predicted molar refractivity (Wildman–Crippen MR) is 103 cm³/mol. The SMILES string of the molecule is COC(=O)C(c1ccccc1)N1CCN(c2ccc([N+](=O)[O-])cc2Cl)CC1. The summed E-state index contributed by atoms with van der Waals surface area (Å²) in [5, 5.41) is 11.2. The monoisotopic (exact) mass is 389 g/mol. The highest BCUT2D eigenvalue weighted by Gasteiger charge is 2.31. The minimum atomic E-state index is -0.464. The fraction of sp³-hybridized carbons (Fsp3) is 0.316. The molecular formula is C19H20ClN3O4. The maximum Gasteiger partial charge on any atom is 0.327 e. The summed E-state index contributed by atoms with van der Waals surface area (Å²) < 4.78 is 5.01. The molecule has 2 aromatic carbocycles. The number of anilines is 1. The summed E-state index contributed by atoms with van der Waals surface area (Å²) in [6, 6.07) is 13.6. The molecule has 1 heterocycles. The van der Waals surface area contributed by atoms with E-state index in [9.17, 15) is 14.9 Å². The van der Waals surface area contributed by atoms with Crippen molar-refractivity contribution in [2.45, 2.75) is 6.04 Å². The first-order valence-corrected chi connectivity index (χ1v) is 8.94. The van der Waals surface area contributed by atoms with Crippen LogP contribution in [0.25, 0.3) is 0 Å². The van der Waals surface area contributed by atoms with Crippen molar-refractivity contribution in [1.82, 2.24) is 4.90 Å². The smallest absolute Gasteiger partial charge is 0.327 e. The summed E-state index contributed by atoms with van der Waals surface area (Å²) in [5.41, 5.74) is 1.62. The largest absolute Gasteiger partial charge is 0.468 e. The number of nitro benzene ring substituents is 1. The molecule has 0 N–H and O–H groups in total. The number of halogens is 1. The average Bonchev–Trinajstić information content (AvgIpc) is 2.69. The molecule has 0 radical (unpaired) electrons. The van der Waals surface area contributed by atoms with Crippen molar-refractivity contribution in [3.8, 4) is 0 Å². The molecular weight excluding hydrogens is 370 g/mol. The molecule has 1 aliphatic rings. The van der Waals surface area contributed by atoms with Crippen LogP contribution < -0.4 is 4.90 Å². The molecule has 0 bridgehead atoms. The Morgan fingerprint density at radius 1 is 1.15 bits per heavy atom. The third kappa shape index (κ3) is 4.20. The first kappa shape index (κ1) is 19.1. The van der Waals surface area contributed by atoms with Gasteiger partial charge in [-0.25, -0.2) is 4.79 Å². The molecule has 7 nitrogen and oxygen atoms in total. The van der Waals surface area contributed by atoms with E-state index >= 15 is 0 Å². The Labute approximate surface area is 162 Å². The zero-order valence-corrected chi connectivity index (χ0v) is 15.6. The highest BCUT2D eigenvalue weighted by molar-refractivity contribution is 6.33. The number of rotatable bonds is 5. The second kappa shape index (κ2) is 8.37. The third-order valence-corrected chi connectivity index (χ3v) is 5.00. The molecule has 8 heteroatoms. The number of ether oxygens (including phenoxy) is 1. The van der Waals surface area contributed by atoms with Crippen molar-refractivity contribution in [2.75, 3.05) is 38.2 Å². The van der Waals surface area contributed by atoms with E-state index < -0.39 is 11.0 Å². The summed E-state index contributed by atoms with van der Waals surface area (Å²) in [5.74, 6) is -0.289. The first-order chi connectivity index (χ1) is 13.0. The van der Waals surface area contributed by atoms with Crippen LogP contribution in [0.5, 0.6) is 0 Å². The lowest BCUT2D eigenvalue weighted by Gasteiger charge is -2.39. The van der Waals surface area contributed by atoms with Gasteiger partial charge in [0.25, 0.3) is 5.69 Å². The van der Waals surface area contributed by atoms with Gasteiger partial charge >= 0.3 is 5.97 Å². The van der Waals surface area contributed by atoms with E-state index in [1.807, 2.05) is 30.3 Å². The van der Waals surface area contributed by atoms with Crippen molar-refractivity contribution >= 4 is 28.9 Å². The summed E-state index contributed by atoms with van der Waals surface area (Å²) in [4.78, 5) is 26.9. The normalized spacial score (nSPS) is 16.0. The van der Waals surface area contributed by atoms with Crippen LogP contribution >= 0.6 is 11.6 Å². The van der Waals surface area contributed by atoms with Crippen LogP contribution in [0.2, 0.25) is 5.02 Å². The van der Waals surface area contributed by atoms with E-state index in [2.05, 4.69) is 9.80 Å². The van der Waals surface area contributed by atoms with Gasteiger partial charge in [0.15, 0.2) is 0 Å². The van der Waals surface area contributed by atoms with Gasteiger partial charge in [-0.2, -0.15) is 0 Å². The molecule has 3 rings (SSSR count).